The SMILES string of the molecule is Cc1cc2nc[n]([Tl])c2cc1-c1ccc(C=O)c2ccccc12. The van der Waals surface area contributed by atoms with Crippen molar-refractivity contribution in [2.75, 3.05) is 0 Å². The molecular weight excluding hydrogens is 477 g/mol. The zero-order valence-corrected chi connectivity index (χ0v) is 17.1. The molecule has 1 aromatic heterocycles. The van der Waals surface area contributed by atoms with Crippen LogP contribution in [0.25, 0.3) is 32.9 Å². The Hall–Kier alpha value is -2.02. The van der Waals surface area contributed by atoms with Crippen molar-refractivity contribution in [3.63, 3.8) is 0 Å². The molecule has 0 aliphatic heterocycles. The number of carbonyl (C=O) groups excluding carboxylic acids is 1. The maximum absolute atomic E-state index is 11.3. The van der Waals surface area contributed by atoms with Crippen molar-refractivity contribution in [3.05, 3.63) is 66.0 Å². The number of aromatic nitrogens is 2. The Bertz CT molecular complexity index is 1070. The Morgan fingerprint density at radius 3 is 2.61 bits per heavy atom. The summed E-state index contributed by atoms with van der Waals surface area (Å²) < 4.78 is 2.19. The molecule has 1 heterocycles. The van der Waals surface area contributed by atoms with Gasteiger partial charge in [0.05, 0.1) is 0 Å². The summed E-state index contributed by atoms with van der Waals surface area (Å²) in [6, 6.07) is 16.4. The summed E-state index contributed by atoms with van der Waals surface area (Å²) in [5.41, 5.74) is 6.52. The fourth-order valence-corrected chi connectivity index (χ4v) is 4.19. The molecule has 0 aliphatic carbocycles. The van der Waals surface area contributed by atoms with Gasteiger partial charge in [0.1, 0.15) is 0 Å². The molecule has 4 rings (SSSR count). The molecule has 0 radical (unpaired) electrons. The van der Waals surface area contributed by atoms with Gasteiger partial charge in [0.15, 0.2) is 0 Å². The minimum atomic E-state index is 0.690. The predicted octanol–water partition coefficient (Wildman–Crippen LogP) is 3.91. The third-order valence-electron chi connectivity index (χ3n) is 4.30. The topological polar surface area (TPSA) is 34.9 Å². The number of carbonyl (C=O) groups is 1. The molecule has 3 aromatic carbocycles. The van der Waals surface area contributed by atoms with Gasteiger partial charge in [0.25, 0.3) is 0 Å². The first kappa shape index (κ1) is 14.6. The van der Waals surface area contributed by atoms with Crippen molar-refractivity contribution in [1.82, 2.24) is 7.36 Å². The van der Waals surface area contributed by atoms with Gasteiger partial charge in [-0.3, -0.25) is 0 Å². The fourth-order valence-electron chi connectivity index (χ4n) is 3.13. The van der Waals surface area contributed by atoms with E-state index >= 15 is 0 Å². The molecule has 0 aliphatic rings. The Balaban J connectivity index is 2.08. The van der Waals surface area contributed by atoms with E-state index in [9.17, 15) is 4.79 Å². The predicted molar refractivity (Wildman–Crippen MR) is 94.0 cm³/mol. The van der Waals surface area contributed by atoms with E-state index in [0.29, 0.717) is 26.1 Å². The number of benzene rings is 3. The van der Waals surface area contributed by atoms with E-state index in [1.165, 1.54) is 16.6 Å². The van der Waals surface area contributed by atoms with Gasteiger partial charge in [-0.05, 0) is 0 Å². The van der Waals surface area contributed by atoms with Crippen LogP contribution in [-0.2, 0) is 0 Å². The summed E-state index contributed by atoms with van der Waals surface area (Å²) in [6.45, 7) is 2.12. The molecule has 0 N–H and O–H groups in total. The van der Waals surface area contributed by atoms with Gasteiger partial charge >= 0.3 is 150 Å². The zero-order chi connectivity index (χ0) is 16.0. The van der Waals surface area contributed by atoms with Crippen LogP contribution >= 0.6 is 0 Å². The van der Waals surface area contributed by atoms with Gasteiger partial charge in [-0.15, -0.1) is 0 Å². The average Bonchev–Trinajstić information content (AvgIpc) is 2.93. The number of aldehydes is 1. The number of nitrogens with zero attached hydrogens (tertiary/aromatic N) is 2. The second-order valence-electron chi connectivity index (χ2n) is 5.67. The molecule has 108 valence electrons. The van der Waals surface area contributed by atoms with Crippen LogP contribution in [0, 0.1) is 6.92 Å². The van der Waals surface area contributed by atoms with Crippen molar-refractivity contribution in [2.24, 2.45) is 0 Å². The zero-order valence-electron chi connectivity index (χ0n) is 12.7. The first-order valence-electron chi connectivity index (χ1n) is 7.39. The molecule has 4 heteroatoms. The second-order valence-corrected chi connectivity index (χ2v) is 7.84. The third-order valence-corrected chi connectivity index (χ3v) is 5.90. The summed E-state index contributed by atoms with van der Waals surface area (Å²) in [5, 5.41) is 2.11. The van der Waals surface area contributed by atoms with Crippen LogP contribution in [0.15, 0.2) is 54.9 Å². The summed E-state index contributed by atoms with van der Waals surface area (Å²) in [4.78, 5) is 15.8. The van der Waals surface area contributed by atoms with E-state index in [4.69, 9.17) is 0 Å². The summed E-state index contributed by atoms with van der Waals surface area (Å²) in [5.74, 6) is 0. The van der Waals surface area contributed by atoms with Gasteiger partial charge in [0.2, 0.25) is 0 Å². The van der Waals surface area contributed by atoms with E-state index in [2.05, 4.69) is 38.5 Å². The molecule has 0 atom stereocenters. The Morgan fingerprint density at radius 1 is 1.04 bits per heavy atom. The van der Waals surface area contributed by atoms with E-state index in [1.54, 1.807) is 0 Å². The number of fused-ring (bicyclic) bond motifs is 2. The number of aryl methyl sites for hydroxylation is 1. The molecule has 0 amide bonds. The van der Waals surface area contributed by atoms with Crippen LogP contribution < -0.4 is 0 Å². The summed E-state index contributed by atoms with van der Waals surface area (Å²) in [7, 11) is 0. The van der Waals surface area contributed by atoms with Crippen LogP contribution in [0.2, 0.25) is 0 Å². The minimum absolute atomic E-state index is 0.690. The number of hydrogen-bond donors (Lipinski definition) is 0. The Labute approximate surface area is 150 Å². The molecule has 0 saturated heterocycles. The van der Waals surface area contributed by atoms with Gasteiger partial charge < -0.3 is 0 Å². The van der Waals surface area contributed by atoms with E-state index in [-0.39, 0.29) is 0 Å². The maximum atomic E-state index is 11.3. The Morgan fingerprint density at radius 2 is 1.83 bits per heavy atom. The quantitative estimate of drug-likeness (QED) is 0.316. The van der Waals surface area contributed by atoms with Gasteiger partial charge in [-0.2, -0.15) is 0 Å². The van der Waals surface area contributed by atoms with Gasteiger partial charge in [-0.1, -0.05) is 0 Å². The van der Waals surface area contributed by atoms with Gasteiger partial charge in [-0.25, -0.2) is 0 Å². The molecule has 23 heavy (non-hydrogen) atoms. The second kappa shape index (κ2) is 5.56. The summed E-state index contributed by atoms with van der Waals surface area (Å²) in [6.07, 6.45) is 2.84. The van der Waals surface area contributed by atoms with Crippen molar-refractivity contribution >= 4 is 54.2 Å². The van der Waals surface area contributed by atoms with E-state index in [0.717, 1.165) is 33.7 Å². The van der Waals surface area contributed by atoms with Crippen molar-refractivity contribution < 1.29 is 4.79 Å². The normalized spacial score (nSPS) is 11.1. The molecule has 0 unspecified atom stereocenters. The molecule has 0 saturated carbocycles. The monoisotopic (exact) mass is 490 g/mol. The fraction of sp³-hybridized carbons (Fsp3) is 0.0526. The first-order chi connectivity index (χ1) is 11.2. The van der Waals surface area contributed by atoms with E-state index < -0.39 is 0 Å². The number of hydrogen-bond acceptors (Lipinski definition) is 2. The van der Waals surface area contributed by atoms with E-state index in [1.807, 2.05) is 30.6 Å². The standard InChI is InChI=1S/C19H14N2O.Tl/c1-12-8-18-19(21-11-20-18)9-17(12)16-7-6-13(10-22)14-4-2-3-5-15(14)16;/h2-11H,1H3,(H,20,21,22);/q;+1/p-1. The van der Waals surface area contributed by atoms with Crippen LogP contribution in [-0.4, -0.2) is 39.7 Å². The number of rotatable bonds is 2. The van der Waals surface area contributed by atoms with Crippen LogP contribution in [0.3, 0.4) is 0 Å². The van der Waals surface area contributed by atoms with Gasteiger partial charge in [0, 0.05) is 0 Å². The first-order valence-corrected chi connectivity index (χ1v) is 9.40. The molecule has 3 nitrogen and oxygen atoms in total. The van der Waals surface area contributed by atoms with Crippen LogP contribution in [0.5, 0.6) is 0 Å². The molecule has 0 bridgehead atoms. The van der Waals surface area contributed by atoms with Crippen LogP contribution in [0.4, 0.5) is 0 Å². The molecular formula is C19H13N2OTl. The number of imidazole rings is 1. The molecule has 0 spiro atoms. The van der Waals surface area contributed by atoms with Crippen molar-refractivity contribution in [1.29, 1.82) is 0 Å². The Kier molecular flexibility index (Phi) is 3.52. The molecule has 4 aromatic rings. The third kappa shape index (κ3) is 2.30. The van der Waals surface area contributed by atoms with Crippen LogP contribution in [0.1, 0.15) is 15.9 Å². The van der Waals surface area contributed by atoms with Crippen molar-refractivity contribution in [2.45, 2.75) is 6.92 Å². The van der Waals surface area contributed by atoms with Crippen molar-refractivity contribution in [3.8, 4) is 11.1 Å². The average molecular weight is 490 g/mol. The summed E-state index contributed by atoms with van der Waals surface area (Å²) >= 11 is 0.690. The molecule has 0 fully saturated rings.